The topological polar surface area (TPSA) is 59.8 Å². The Balaban J connectivity index is 1.64. The Morgan fingerprint density at radius 1 is 1.20 bits per heavy atom. The number of thioether (sulfide) groups is 1. The van der Waals surface area contributed by atoms with Crippen LogP contribution < -0.4 is 5.32 Å². The van der Waals surface area contributed by atoms with Gasteiger partial charge in [0.15, 0.2) is 5.16 Å². The second kappa shape index (κ2) is 7.72. The number of benzene rings is 2. The monoisotopic (exact) mass is 372 g/mol. The Labute approximate surface area is 155 Å². The Hall–Kier alpha value is -2.31. The summed E-state index contributed by atoms with van der Waals surface area (Å²) in [6.07, 6.45) is 1.64. The van der Waals surface area contributed by atoms with E-state index in [2.05, 4.69) is 15.5 Å². The minimum atomic E-state index is -0.122. The molecule has 2 aromatic carbocycles. The predicted octanol–water partition coefficient (Wildman–Crippen LogP) is 4.27. The maximum atomic E-state index is 12.2. The summed E-state index contributed by atoms with van der Waals surface area (Å²) in [5.41, 5.74) is 3.80. The van der Waals surface area contributed by atoms with Gasteiger partial charge in [-0.1, -0.05) is 47.1 Å². The Morgan fingerprint density at radius 3 is 2.68 bits per heavy atom. The summed E-state index contributed by atoms with van der Waals surface area (Å²) in [6.45, 7) is 3.95. The normalized spacial score (nSPS) is 10.7. The van der Waals surface area contributed by atoms with Crippen LogP contribution in [0, 0.1) is 13.8 Å². The highest BCUT2D eigenvalue weighted by atomic mass is 35.5. The molecule has 128 valence electrons. The molecule has 3 rings (SSSR count). The summed E-state index contributed by atoms with van der Waals surface area (Å²) >= 11 is 7.41. The van der Waals surface area contributed by atoms with Crippen molar-refractivity contribution in [3.05, 3.63) is 64.9 Å². The van der Waals surface area contributed by atoms with E-state index in [0.717, 1.165) is 11.3 Å². The van der Waals surface area contributed by atoms with Gasteiger partial charge >= 0.3 is 0 Å². The minimum absolute atomic E-state index is 0.122. The van der Waals surface area contributed by atoms with Gasteiger partial charge in [-0.25, -0.2) is 0 Å². The van der Waals surface area contributed by atoms with Crippen LogP contribution in [0.2, 0.25) is 5.02 Å². The summed E-state index contributed by atoms with van der Waals surface area (Å²) in [5, 5.41) is 12.2. The van der Waals surface area contributed by atoms with Crippen LogP contribution in [0.1, 0.15) is 11.1 Å². The third-order valence-electron chi connectivity index (χ3n) is 3.62. The molecule has 1 heterocycles. The van der Waals surface area contributed by atoms with E-state index in [4.69, 9.17) is 11.6 Å². The van der Waals surface area contributed by atoms with Crippen molar-refractivity contribution in [2.75, 3.05) is 11.1 Å². The number of carbonyl (C=O) groups is 1. The molecule has 0 saturated heterocycles. The molecule has 25 heavy (non-hydrogen) atoms. The number of hydrogen-bond donors (Lipinski definition) is 1. The van der Waals surface area contributed by atoms with E-state index >= 15 is 0 Å². The number of aryl methyl sites for hydroxylation is 2. The summed E-state index contributed by atoms with van der Waals surface area (Å²) in [5.74, 6) is 0.110. The van der Waals surface area contributed by atoms with Crippen molar-refractivity contribution in [3.63, 3.8) is 0 Å². The first kappa shape index (κ1) is 17.5. The second-order valence-corrected chi connectivity index (χ2v) is 6.97. The lowest BCUT2D eigenvalue weighted by Gasteiger charge is -2.08. The van der Waals surface area contributed by atoms with Crippen molar-refractivity contribution in [2.24, 2.45) is 0 Å². The Morgan fingerprint density at radius 2 is 1.96 bits per heavy atom. The minimum Gasteiger partial charge on any atom is -0.325 e. The molecule has 0 radical (unpaired) electrons. The van der Waals surface area contributed by atoms with Crippen molar-refractivity contribution in [3.8, 4) is 5.69 Å². The van der Waals surface area contributed by atoms with Gasteiger partial charge in [-0.2, -0.15) is 0 Å². The smallest absolute Gasteiger partial charge is 0.234 e. The fourth-order valence-corrected chi connectivity index (χ4v) is 3.11. The number of anilines is 1. The molecule has 0 aliphatic carbocycles. The van der Waals surface area contributed by atoms with Crippen molar-refractivity contribution in [1.82, 2.24) is 14.8 Å². The Kier molecular flexibility index (Phi) is 5.40. The number of halogens is 1. The van der Waals surface area contributed by atoms with E-state index in [-0.39, 0.29) is 11.7 Å². The van der Waals surface area contributed by atoms with E-state index in [0.29, 0.717) is 15.9 Å². The van der Waals surface area contributed by atoms with Crippen molar-refractivity contribution >= 4 is 35.0 Å². The molecule has 3 aromatic rings. The average molecular weight is 373 g/mol. The average Bonchev–Trinajstić information content (AvgIpc) is 3.06. The molecule has 1 amide bonds. The van der Waals surface area contributed by atoms with Crippen LogP contribution in [-0.4, -0.2) is 26.4 Å². The molecule has 0 bridgehead atoms. The molecule has 0 spiro atoms. The highest BCUT2D eigenvalue weighted by Crippen LogP contribution is 2.22. The second-order valence-electron chi connectivity index (χ2n) is 5.62. The maximum Gasteiger partial charge on any atom is 0.234 e. The number of aromatic nitrogens is 3. The van der Waals surface area contributed by atoms with Crippen LogP contribution in [0.5, 0.6) is 0 Å². The summed E-state index contributed by atoms with van der Waals surface area (Å²) in [4.78, 5) is 12.2. The third-order valence-corrected chi connectivity index (χ3v) is 4.97. The molecule has 0 fully saturated rings. The molecular formula is C18H17ClN4OS. The Bertz CT molecular complexity index is 892. The third kappa shape index (κ3) is 4.41. The van der Waals surface area contributed by atoms with Gasteiger partial charge < -0.3 is 5.32 Å². The fraction of sp³-hybridized carbons (Fsp3) is 0.167. The molecule has 1 aromatic heterocycles. The van der Waals surface area contributed by atoms with Crippen molar-refractivity contribution in [1.29, 1.82) is 0 Å². The number of hydrogen-bond acceptors (Lipinski definition) is 4. The summed E-state index contributed by atoms with van der Waals surface area (Å²) in [7, 11) is 0. The molecule has 7 heteroatoms. The quantitative estimate of drug-likeness (QED) is 0.679. The summed E-state index contributed by atoms with van der Waals surface area (Å²) in [6, 6.07) is 13.5. The highest BCUT2D eigenvalue weighted by Gasteiger charge is 2.11. The van der Waals surface area contributed by atoms with E-state index in [1.165, 1.54) is 17.3 Å². The van der Waals surface area contributed by atoms with Crippen molar-refractivity contribution in [2.45, 2.75) is 19.0 Å². The predicted molar refractivity (Wildman–Crippen MR) is 102 cm³/mol. The van der Waals surface area contributed by atoms with Crippen LogP contribution in [0.4, 0.5) is 5.69 Å². The molecule has 0 unspecified atom stereocenters. The largest absolute Gasteiger partial charge is 0.325 e. The van der Waals surface area contributed by atoms with Crippen LogP contribution in [0.25, 0.3) is 5.69 Å². The van der Waals surface area contributed by atoms with Gasteiger partial charge in [-0.05, 0) is 43.7 Å². The zero-order chi connectivity index (χ0) is 17.8. The number of carbonyl (C=O) groups excluding carboxylic acids is 1. The van der Waals surface area contributed by atoms with Crippen LogP contribution in [-0.2, 0) is 4.79 Å². The van der Waals surface area contributed by atoms with Gasteiger partial charge in [0.25, 0.3) is 0 Å². The van der Waals surface area contributed by atoms with Crippen molar-refractivity contribution < 1.29 is 4.79 Å². The lowest BCUT2D eigenvalue weighted by molar-refractivity contribution is -0.113. The number of nitrogens with zero attached hydrogens (tertiary/aromatic N) is 3. The first-order chi connectivity index (χ1) is 12.0. The van der Waals surface area contributed by atoms with E-state index in [9.17, 15) is 4.79 Å². The number of amides is 1. The highest BCUT2D eigenvalue weighted by molar-refractivity contribution is 7.99. The maximum absolute atomic E-state index is 12.2. The molecule has 5 nitrogen and oxygen atoms in total. The van der Waals surface area contributed by atoms with Crippen LogP contribution in [0.3, 0.4) is 0 Å². The van der Waals surface area contributed by atoms with Crippen LogP contribution in [0.15, 0.2) is 53.9 Å². The fourth-order valence-electron chi connectivity index (χ4n) is 2.20. The van der Waals surface area contributed by atoms with E-state index in [1.54, 1.807) is 12.4 Å². The number of nitrogens with one attached hydrogen (secondary N) is 1. The van der Waals surface area contributed by atoms with E-state index in [1.807, 2.05) is 54.8 Å². The zero-order valence-electron chi connectivity index (χ0n) is 13.9. The lowest BCUT2D eigenvalue weighted by atomic mass is 10.2. The van der Waals surface area contributed by atoms with Crippen LogP contribution >= 0.6 is 23.4 Å². The van der Waals surface area contributed by atoms with Gasteiger partial charge in [0.2, 0.25) is 5.91 Å². The standard InChI is InChI=1S/C18H17ClN4OS/c1-12-3-7-15(8-4-12)23-11-20-22-18(23)25-10-17(24)21-14-6-5-13(2)16(19)9-14/h3-9,11H,10H2,1-2H3,(H,21,24). The molecule has 0 atom stereocenters. The summed E-state index contributed by atoms with van der Waals surface area (Å²) < 4.78 is 1.86. The van der Waals surface area contributed by atoms with Gasteiger partial charge in [0.05, 0.1) is 5.75 Å². The van der Waals surface area contributed by atoms with Gasteiger partial charge in [-0.3, -0.25) is 9.36 Å². The molecule has 0 aliphatic rings. The zero-order valence-corrected chi connectivity index (χ0v) is 15.4. The van der Waals surface area contributed by atoms with Gasteiger partial charge in [0, 0.05) is 16.4 Å². The molecule has 1 N–H and O–H groups in total. The lowest BCUT2D eigenvalue weighted by Crippen LogP contribution is -2.14. The molecule has 0 saturated carbocycles. The first-order valence-electron chi connectivity index (χ1n) is 7.69. The van der Waals surface area contributed by atoms with Gasteiger partial charge in [-0.15, -0.1) is 10.2 Å². The molecule has 0 aliphatic heterocycles. The van der Waals surface area contributed by atoms with E-state index < -0.39 is 0 Å². The van der Waals surface area contributed by atoms with Gasteiger partial charge in [0.1, 0.15) is 6.33 Å². The SMILES string of the molecule is Cc1ccc(-n2cnnc2SCC(=O)Nc2ccc(C)c(Cl)c2)cc1. The first-order valence-corrected chi connectivity index (χ1v) is 9.05. The number of rotatable bonds is 5. The molecular weight excluding hydrogens is 356 g/mol.